The average molecular weight is 476 g/mol. The van der Waals surface area contributed by atoms with Crippen molar-refractivity contribution >= 4 is 47.1 Å². The maximum atomic E-state index is 10.8. The molecule has 0 aromatic heterocycles. The van der Waals surface area contributed by atoms with Crippen LogP contribution in [0.3, 0.4) is 0 Å². The molecule has 88 valence electrons. The van der Waals surface area contributed by atoms with Gasteiger partial charge in [0.15, 0.2) is 0 Å². The second-order valence-electron chi connectivity index (χ2n) is 3.77. The first-order valence-electron chi connectivity index (χ1n) is 4.46. The van der Waals surface area contributed by atoms with Gasteiger partial charge >= 0.3 is 49.1 Å². The summed E-state index contributed by atoms with van der Waals surface area (Å²) in [5, 5.41) is 0. The van der Waals surface area contributed by atoms with Crippen molar-refractivity contribution in [2.24, 2.45) is 5.41 Å². The van der Waals surface area contributed by atoms with Crippen molar-refractivity contribution in [3.05, 3.63) is 22.3 Å². The Morgan fingerprint density at radius 3 is 1.47 bits per heavy atom. The van der Waals surface area contributed by atoms with E-state index in [-0.39, 0.29) is 0 Å². The molecule has 1 nitrogen and oxygen atoms in total. The van der Waals surface area contributed by atoms with Gasteiger partial charge in [-0.3, -0.25) is 0 Å². The van der Waals surface area contributed by atoms with E-state index in [0.29, 0.717) is 0 Å². The Morgan fingerprint density at radius 2 is 1.33 bits per heavy atom. The topological polar surface area (TPSA) is 17.1 Å². The van der Waals surface area contributed by atoms with Crippen LogP contribution in [0.2, 0.25) is 0 Å². The Kier molecular flexibility index (Phi) is 7.26. The van der Waals surface area contributed by atoms with E-state index in [4.69, 9.17) is 0 Å². The van der Waals surface area contributed by atoms with Crippen LogP contribution in [0.25, 0.3) is 0 Å². The van der Waals surface area contributed by atoms with E-state index in [2.05, 4.69) is 61.0 Å². The summed E-state index contributed by atoms with van der Waals surface area (Å²) in [6, 6.07) is 0. The molecule has 0 N–H and O–H groups in total. The minimum atomic E-state index is -0.450. The third-order valence-electron chi connectivity index (χ3n) is 3.39. The quantitative estimate of drug-likeness (QED) is 0.401. The molecule has 0 radical (unpaired) electrons. The monoisotopic (exact) mass is 476 g/mol. The van der Waals surface area contributed by atoms with Gasteiger partial charge in [0.1, 0.15) is 0 Å². The summed E-state index contributed by atoms with van der Waals surface area (Å²) < 4.78 is 0. The summed E-state index contributed by atoms with van der Waals surface area (Å²) >= 11 is 4.49. The Balaban J connectivity index is 0.000000583. The van der Waals surface area contributed by atoms with Gasteiger partial charge in [-0.15, -0.1) is 0 Å². The van der Waals surface area contributed by atoms with Crippen LogP contribution in [-0.2, 0) is 13.1 Å². The fraction of sp³-hybridized carbons (Fsp3) is 0.545. The number of rotatable bonds is 1. The zero-order valence-corrected chi connectivity index (χ0v) is 14.9. The summed E-state index contributed by atoms with van der Waals surface area (Å²) in [5.41, 5.74) is 4.34. The van der Waals surface area contributed by atoms with Crippen molar-refractivity contribution in [1.29, 1.82) is 0 Å². The first-order chi connectivity index (χ1) is 6.86. The van der Waals surface area contributed by atoms with E-state index in [1.807, 2.05) is 20.8 Å². The van der Waals surface area contributed by atoms with Gasteiger partial charge in [-0.1, -0.05) is 34.6 Å². The van der Waals surface area contributed by atoms with Crippen molar-refractivity contribution in [1.82, 2.24) is 0 Å². The average Bonchev–Trinajstić information content (AvgIpc) is 2.36. The third-order valence-corrected chi connectivity index (χ3v) is 3.39. The molecule has 0 aromatic rings. The summed E-state index contributed by atoms with van der Waals surface area (Å²) in [6.07, 6.45) is 2.13. The van der Waals surface area contributed by atoms with Gasteiger partial charge in [-0.05, 0) is 27.7 Å². The van der Waals surface area contributed by atoms with Gasteiger partial charge in [-0.2, -0.15) is 0 Å². The van der Waals surface area contributed by atoms with Crippen LogP contribution in [-0.4, -0.2) is 6.29 Å². The summed E-state index contributed by atoms with van der Waals surface area (Å²) in [7, 11) is 1.38. The first-order valence-corrected chi connectivity index (χ1v) is 11.2. The van der Waals surface area contributed by atoms with E-state index in [1.54, 1.807) is 0 Å². The maximum absolute atomic E-state index is 10.8. The molecule has 0 heterocycles. The Bertz CT molecular complexity index is 295. The number of hydrogen-bond donors (Lipinski definition) is 0. The third kappa shape index (κ3) is 3.29. The minimum absolute atomic E-state index is 0.450. The molecule has 1 rings (SSSR count). The van der Waals surface area contributed by atoms with Crippen molar-refractivity contribution in [2.45, 2.75) is 34.6 Å². The standard InChI is InChI=1S/C11H15O.Co.2HI/c1-7-8(2)10(4)11(5,6-12)9(7)3;;;/h1-5H3;;2*1H/q-1;+3;;/p-2. The predicted octanol–water partition coefficient (Wildman–Crippen LogP) is 4.56. The van der Waals surface area contributed by atoms with Crippen molar-refractivity contribution in [2.75, 3.05) is 0 Å². The molecule has 0 bridgehead atoms. The van der Waals surface area contributed by atoms with E-state index in [1.165, 1.54) is 19.4 Å². The zero-order chi connectivity index (χ0) is 12.2. The van der Waals surface area contributed by atoms with Crippen LogP contribution in [0.1, 0.15) is 34.6 Å². The molecule has 0 saturated heterocycles. The zero-order valence-electron chi connectivity index (χ0n) is 9.50. The van der Waals surface area contributed by atoms with Crippen LogP contribution < -0.4 is 0 Å². The van der Waals surface area contributed by atoms with E-state index < -0.39 is 5.41 Å². The van der Waals surface area contributed by atoms with Gasteiger partial charge < -0.3 is 4.79 Å². The summed E-state index contributed by atoms with van der Waals surface area (Å²) in [4.78, 5) is 10.8. The molecular weight excluding hydrogens is 461 g/mol. The van der Waals surface area contributed by atoms with E-state index in [0.717, 1.165) is 11.1 Å². The van der Waals surface area contributed by atoms with Crippen LogP contribution in [0.4, 0.5) is 0 Å². The van der Waals surface area contributed by atoms with Crippen LogP contribution in [0.15, 0.2) is 22.3 Å². The molecule has 0 spiro atoms. The van der Waals surface area contributed by atoms with Crippen molar-refractivity contribution in [3.8, 4) is 0 Å². The fourth-order valence-electron chi connectivity index (χ4n) is 1.75. The van der Waals surface area contributed by atoms with Crippen molar-refractivity contribution < 1.29 is 13.1 Å². The molecule has 4 heteroatoms. The summed E-state index contributed by atoms with van der Waals surface area (Å²) in [5.74, 6) is 0. The predicted molar refractivity (Wildman–Crippen MR) is 78.6 cm³/mol. The van der Waals surface area contributed by atoms with Gasteiger partial charge in [-0.25, -0.2) is 6.29 Å². The Morgan fingerprint density at radius 1 is 1.07 bits per heavy atom. The number of halogens is 2. The molecule has 0 fully saturated rings. The molecule has 1 aliphatic rings. The van der Waals surface area contributed by atoms with Crippen LogP contribution >= 0.6 is 40.8 Å². The number of carbonyl (C=O) groups excluding carboxylic acids is 1. The SMILES string of the molecule is CC1=C(C)C(C)([C-]=O)C(C)=C1C.[I][Co+][I]. The normalized spacial score (nSPS) is 19.1. The number of allylic oxidation sites excluding steroid dienone is 4. The molecule has 0 atom stereocenters. The summed E-state index contributed by atoms with van der Waals surface area (Å²) in [6.45, 7) is 10.1. The second kappa shape index (κ2) is 6.76. The molecule has 0 amide bonds. The molecule has 1 aliphatic carbocycles. The Hall–Kier alpha value is 1.12. The number of hydrogen-bond acceptors (Lipinski definition) is 1. The molecule has 0 aromatic carbocycles. The Labute approximate surface area is 121 Å². The van der Waals surface area contributed by atoms with Crippen LogP contribution in [0.5, 0.6) is 0 Å². The molecular formula is C11H15CoI2O. The van der Waals surface area contributed by atoms with Gasteiger partial charge in [0.2, 0.25) is 0 Å². The molecule has 15 heavy (non-hydrogen) atoms. The molecule has 0 aliphatic heterocycles. The first kappa shape index (κ1) is 16.1. The van der Waals surface area contributed by atoms with Gasteiger partial charge in [0, 0.05) is 0 Å². The van der Waals surface area contributed by atoms with Crippen molar-refractivity contribution in [3.63, 3.8) is 0 Å². The van der Waals surface area contributed by atoms with Gasteiger partial charge in [0.25, 0.3) is 0 Å². The van der Waals surface area contributed by atoms with Gasteiger partial charge in [0.05, 0.1) is 0 Å². The van der Waals surface area contributed by atoms with Crippen LogP contribution in [0, 0.1) is 5.41 Å². The fourth-order valence-corrected chi connectivity index (χ4v) is 1.75. The van der Waals surface area contributed by atoms with E-state index in [9.17, 15) is 4.79 Å². The molecule has 0 unspecified atom stereocenters. The second-order valence-corrected chi connectivity index (χ2v) is 12.6. The van der Waals surface area contributed by atoms with E-state index >= 15 is 0 Å². The molecule has 0 saturated carbocycles.